The summed E-state index contributed by atoms with van der Waals surface area (Å²) < 4.78 is 41.7. The molecule has 1 unspecified atom stereocenters. The quantitative estimate of drug-likeness (QED) is 0.385. The Kier molecular flexibility index (Phi) is 7.24. The third kappa shape index (κ3) is 5.03. The molecule has 0 spiro atoms. The molecule has 0 aliphatic carbocycles. The summed E-state index contributed by atoms with van der Waals surface area (Å²) in [6.07, 6.45) is 1.43. The van der Waals surface area contributed by atoms with E-state index in [9.17, 15) is 17.6 Å². The topological polar surface area (TPSA) is 82.2 Å². The molecule has 0 saturated heterocycles. The van der Waals surface area contributed by atoms with Crippen LogP contribution >= 0.6 is 0 Å². The fourth-order valence-corrected chi connectivity index (χ4v) is 5.63. The number of rotatable bonds is 7. The minimum Gasteiger partial charge on any atom is -0.344 e. The molecule has 0 amide bonds. The Hall–Kier alpha value is -3.55. The molecule has 0 radical (unpaired) electrons. The van der Waals surface area contributed by atoms with Crippen molar-refractivity contribution in [1.29, 1.82) is 0 Å². The van der Waals surface area contributed by atoms with Crippen molar-refractivity contribution < 1.29 is 12.8 Å². The molecule has 5 nitrogen and oxygen atoms in total. The summed E-state index contributed by atoms with van der Waals surface area (Å²) >= 11 is 0. The molecule has 0 aliphatic rings. The number of nitrogens with zero attached hydrogens (tertiary/aromatic N) is 1. The Balaban J connectivity index is 1.95. The van der Waals surface area contributed by atoms with Gasteiger partial charge in [0.05, 0.1) is 10.5 Å². The van der Waals surface area contributed by atoms with Gasteiger partial charge in [0.25, 0.3) is 0 Å². The minimum atomic E-state index is -3.48. The average molecular weight is 505 g/mol. The van der Waals surface area contributed by atoms with Crippen molar-refractivity contribution in [3.05, 3.63) is 123 Å². The first-order valence-electron chi connectivity index (χ1n) is 11.7. The maximum Gasteiger partial charge on any atom is 0.193 e. The number of hydrogen-bond acceptors (Lipinski definition) is 4. The van der Waals surface area contributed by atoms with E-state index in [1.165, 1.54) is 12.3 Å². The Labute approximate surface area is 211 Å². The lowest BCUT2D eigenvalue weighted by atomic mass is 9.93. The highest BCUT2D eigenvalue weighted by Crippen LogP contribution is 2.28. The monoisotopic (exact) mass is 504 g/mol. The molecule has 7 heteroatoms. The van der Waals surface area contributed by atoms with E-state index in [1.54, 1.807) is 49.4 Å². The molecule has 1 atom stereocenters. The Morgan fingerprint density at radius 1 is 0.889 bits per heavy atom. The van der Waals surface area contributed by atoms with Crippen molar-refractivity contribution in [2.75, 3.05) is 6.26 Å². The largest absolute Gasteiger partial charge is 0.344 e. The van der Waals surface area contributed by atoms with E-state index in [4.69, 9.17) is 5.73 Å². The zero-order valence-corrected chi connectivity index (χ0v) is 21.3. The first-order chi connectivity index (χ1) is 17.1. The second-order valence-corrected chi connectivity index (χ2v) is 11.0. The van der Waals surface area contributed by atoms with Crippen LogP contribution in [0, 0.1) is 19.7 Å². The van der Waals surface area contributed by atoms with Gasteiger partial charge in [-0.3, -0.25) is 4.79 Å². The van der Waals surface area contributed by atoms with Gasteiger partial charge < -0.3 is 10.3 Å². The van der Waals surface area contributed by atoms with Gasteiger partial charge in [0.1, 0.15) is 5.82 Å². The molecular weight excluding hydrogens is 475 g/mol. The smallest absolute Gasteiger partial charge is 0.193 e. The molecule has 1 aromatic heterocycles. The summed E-state index contributed by atoms with van der Waals surface area (Å²) in [7, 11) is -3.48. The minimum absolute atomic E-state index is 0.205. The Bertz CT molecular complexity index is 1580. The van der Waals surface area contributed by atoms with Crippen LogP contribution in [0.25, 0.3) is 11.1 Å². The van der Waals surface area contributed by atoms with Gasteiger partial charge in [-0.2, -0.15) is 0 Å². The molecule has 4 aromatic rings. The van der Waals surface area contributed by atoms with Crippen molar-refractivity contribution in [2.45, 2.75) is 37.8 Å². The van der Waals surface area contributed by atoms with E-state index in [0.29, 0.717) is 22.5 Å². The highest BCUT2D eigenvalue weighted by atomic mass is 32.2. The Morgan fingerprint density at radius 2 is 1.50 bits per heavy atom. The molecule has 4 rings (SSSR count). The van der Waals surface area contributed by atoms with E-state index in [2.05, 4.69) is 0 Å². The maximum absolute atomic E-state index is 14.9. The van der Waals surface area contributed by atoms with E-state index >= 15 is 0 Å². The van der Waals surface area contributed by atoms with Gasteiger partial charge >= 0.3 is 0 Å². The van der Waals surface area contributed by atoms with Gasteiger partial charge in [0.2, 0.25) is 0 Å². The van der Waals surface area contributed by atoms with Crippen LogP contribution in [-0.2, 0) is 22.8 Å². The van der Waals surface area contributed by atoms with E-state index in [-0.39, 0.29) is 34.4 Å². The molecule has 2 N–H and O–H groups in total. The highest BCUT2D eigenvalue weighted by molar-refractivity contribution is 7.90. The van der Waals surface area contributed by atoms with Crippen LogP contribution in [-0.4, -0.2) is 19.2 Å². The normalized spacial score (nSPS) is 12.5. The van der Waals surface area contributed by atoms with Crippen LogP contribution in [0.3, 0.4) is 0 Å². The molecule has 0 fully saturated rings. The van der Waals surface area contributed by atoms with Gasteiger partial charge in [-0.15, -0.1) is 0 Å². The summed E-state index contributed by atoms with van der Waals surface area (Å²) in [5.41, 5.74) is 9.89. The van der Waals surface area contributed by atoms with Crippen molar-refractivity contribution in [3.8, 4) is 11.1 Å². The van der Waals surface area contributed by atoms with E-state index < -0.39 is 21.7 Å². The lowest BCUT2D eigenvalue weighted by Gasteiger charge is -2.23. The van der Waals surface area contributed by atoms with Crippen molar-refractivity contribution in [3.63, 3.8) is 0 Å². The zero-order valence-electron chi connectivity index (χ0n) is 20.5. The van der Waals surface area contributed by atoms with E-state index in [1.807, 2.05) is 41.8 Å². The predicted octanol–water partition coefficient (Wildman–Crippen LogP) is 4.97. The first kappa shape index (κ1) is 25.5. The fourth-order valence-electron chi connectivity index (χ4n) is 4.69. The number of hydrogen-bond donors (Lipinski definition) is 1. The molecule has 0 saturated carbocycles. The van der Waals surface area contributed by atoms with Gasteiger partial charge in [-0.05, 0) is 43.5 Å². The van der Waals surface area contributed by atoms with Crippen molar-refractivity contribution in [2.24, 2.45) is 5.73 Å². The molecule has 0 aliphatic heterocycles. The SMILES string of the molecule is Cc1c(CC(N)c2ccccc2)c(=O)c(-c2ccccc2F)c(C)n1Cc1ccccc1S(C)(=O)=O. The number of nitrogens with two attached hydrogens (primary N) is 1. The first-order valence-corrected chi connectivity index (χ1v) is 13.5. The molecular formula is C29H29FN2O3S. The van der Waals surface area contributed by atoms with Crippen molar-refractivity contribution >= 4 is 9.84 Å². The van der Waals surface area contributed by atoms with Crippen LogP contribution < -0.4 is 11.2 Å². The zero-order chi connectivity index (χ0) is 26.0. The molecule has 36 heavy (non-hydrogen) atoms. The predicted molar refractivity (Wildman–Crippen MR) is 141 cm³/mol. The lowest BCUT2D eigenvalue weighted by molar-refractivity contribution is 0.599. The van der Waals surface area contributed by atoms with Gasteiger partial charge in [0.15, 0.2) is 15.3 Å². The molecule has 1 heterocycles. The highest BCUT2D eigenvalue weighted by Gasteiger charge is 2.23. The second-order valence-electron chi connectivity index (χ2n) is 9.02. The lowest BCUT2D eigenvalue weighted by Crippen LogP contribution is -2.27. The third-order valence-corrected chi connectivity index (χ3v) is 7.80. The average Bonchev–Trinajstić information content (AvgIpc) is 2.85. The second kappa shape index (κ2) is 10.2. The molecule has 0 bridgehead atoms. The summed E-state index contributed by atoms with van der Waals surface area (Å²) in [4.78, 5) is 14.0. The van der Waals surface area contributed by atoms with Gasteiger partial charge in [0, 0.05) is 41.4 Å². The van der Waals surface area contributed by atoms with Gasteiger partial charge in [-0.25, -0.2) is 12.8 Å². The molecule has 186 valence electrons. The van der Waals surface area contributed by atoms with Crippen LogP contribution in [0.5, 0.6) is 0 Å². The number of pyridine rings is 1. The standard InChI is InChI=1S/C29H29FN2O3S/c1-19-24(17-26(31)21-11-5-4-6-12-21)29(33)28(23-14-8-9-15-25(23)30)20(2)32(19)18-22-13-7-10-16-27(22)36(3,34)35/h4-16,26H,17-18,31H2,1-3H3. The van der Waals surface area contributed by atoms with Crippen LogP contribution in [0.15, 0.2) is 88.6 Å². The summed E-state index contributed by atoms with van der Waals surface area (Å²) in [6, 6.07) is 22.0. The van der Waals surface area contributed by atoms with Gasteiger partial charge in [-0.1, -0.05) is 66.7 Å². The van der Waals surface area contributed by atoms with Crippen LogP contribution in [0.1, 0.15) is 34.1 Å². The number of halogens is 1. The van der Waals surface area contributed by atoms with Crippen LogP contribution in [0.2, 0.25) is 0 Å². The number of aromatic nitrogens is 1. The van der Waals surface area contributed by atoms with E-state index in [0.717, 1.165) is 5.56 Å². The number of sulfone groups is 1. The third-order valence-electron chi connectivity index (χ3n) is 6.60. The van der Waals surface area contributed by atoms with Crippen LogP contribution in [0.4, 0.5) is 4.39 Å². The summed E-state index contributed by atoms with van der Waals surface area (Å²) in [5, 5.41) is 0. The summed E-state index contributed by atoms with van der Waals surface area (Å²) in [6.45, 7) is 3.80. The van der Waals surface area contributed by atoms with Crippen molar-refractivity contribution in [1.82, 2.24) is 4.57 Å². The maximum atomic E-state index is 14.9. The fraction of sp³-hybridized carbons (Fsp3) is 0.207. The summed E-state index contributed by atoms with van der Waals surface area (Å²) in [5.74, 6) is -0.497. The Morgan fingerprint density at radius 3 is 2.17 bits per heavy atom. The molecule has 3 aromatic carbocycles. The number of benzene rings is 3.